The summed E-state index contributed by atoms with van der Waals surface area (Å²) in [4.78, 5) is 34.7. The first kappa shape index (κ1) is 18.0. The number of hydrogen-bond acceptors (Lipinski definition) is 2. The minimum absolute atomic E-state index is 0.254. The molecule has 0 radical (unpaired) electrons. The molecule has 27 heavy (non-hydrogen) atoms. The molecule has 3 aliphatic heterocycles. The predicted molar refractivity (Wildman–Crippen MR) is 103 cm³/mol. The van der Waals surface area contributed by atoms with Gasteiger partial charge < -0.3 is 0 Å². The van der Waals surface area contributed by atoms with Gasteiger partial charge in [0, 0.05) is 24.7 Å². The van der Waals surface area contributed by atoms with Crippen molar-refractivity contribution in [1.82, 2.24) is 14.7 Å². The maximum absolute atomic E-state index is 13.0. The highest BCUT2D eigenvalue weighted by Crippen LogP contribution is 2.27. The van der Waals surface area contributed by atoms with Crippen molar-refractivity contribution in [2.75, 3.05) is 27.2 Å². The van der Waals surface area contributed by atoms with Gasteiger partial charge in [-0.25, -0.2) is 9.69 Å². The van der Waals surface area contributed by atoms with Crippen molar-refractivity contribution in [1.29, 1.82) is 0 Å². The van der Waals surface area contributed by atoms with Crippen molar-refractivity contribution in [3.63, 3.8) is 0 Å². The molecular weight excluding hydrogens is 366 g/mol. The van der Waals surface area contributed by atoms with E-state index < -0.39 is 6.04 Å². The van der Waals surface area contributed by atoms with Crippen LogP contribution in [-0.2, 0) is 11.3 Å². The van der Waals surface area contributed by atoms with Gasteiger partial charge in [-0.15, -0.1) is 0 Å². The molecule has 3 heterocycles. The second-order valence-corrected chi connectivity index (χ2v) is 7.59. The van der Waals surface area contributed by atoms with Gasteiger partial charge in [0.2, 0.25) is 11.9 Å². The zero-order valence-electron chi connectivity index (χ0n) is 15.6. The number of piperidine rings is 1. The number of urea groups is 1. The Bertz CT molecular complexity index is 857. The lowest BCUT2D eigenvalue weighted by atomic mass is 10.1. The molecule has 7 nitrogen and oxygen atoms in total. The number of amidine groups is 1. The molecule has 0 aromatic heterocycles. The van der Waals surface area contributed by atoms with Crippen LogP contribution in [0.1, 0.15) is 24.8 Å². The topological polar surface area (TPSA) is 59.2 Å². The zero-order valence-corrected chi connectivity index (χ0v) is 16.3. The van der Waals surface area contributed by atoms with Gasteiger partial charge in [0.1, 0.15) is 0 Å². The van der Waals surface area contributed by atoms with Crippen LogP contribution in [0.2, 0.25) is 5.02 Å². The van der Waals surface area contributed by atoms with E-state index in [-0.39, 0.29) is 11.9 Å². The molecule has 1 aromatic rings. The maximum atomic E-state index is 13.0. The summed E-state index contributed by atoms with van der Waals surface area (Å²) in [7, 11) is 3.19. The second kappa shape index (κ2) is 6.96. The Kier molecular flexibility index (Phi) is 4.63. The van der Waals surface area contributed by atoms with Gasteiger partial charge in [0.25, 0.3) is 5.91 Å². The molecule has 2 fully saturated rings. The van der Waals surface area contributed by atoms with Crippen LogP contribution in [0.4, 0.5) is 4.79 Å². The number of halogens is 1. The summed E-state index contributed by atoms with van der Waals surface area (Å²) < 4.78 is 2.22. The van der Waals surface area contributed by atoms with Crippen molar-refractivity contribution in [3.8, 4) is 0 Å². The lowest BCUT2D eigenvalue weighted by molar-refractivity contribution is -0.542. The summed E-state index contributed by atoms with van der Waals surface area (Å²) in [5.74, 6) is 1.00. The van der Waals surface area contributed by atoms with Gasteiger partial charge in [-0.1, -0.05) is 34.8 Å². The molecule has 2 saturated heterocycles. The number of guanidine groups is 1. The van der Waals surface area contributed by atoms with Crippen LogP contribution >= 0.6 is 11.6 Å². The van der Waals surface area contributed by atoms with Gasteiger partial charge in [0.05, 0.1) is 19.6 Å². The first-order valence-corrected chi connectivity index (χ1v) is 9.62. The normalized spacial score (nSPS) is 23.1. The standard InChI is InChI=1S/C19H23ClN5O2/c1-22-16-15(17(26)23(2)19(22)27)25(12-13-8-4-5-9-14(13)20)18(21-16)24-10-6-3-7-11-24/h4-5,8-9,15H,3,6-7,10-12H2,1-2H3/q+1. The number of rotatable bonds is 2. The van der Waals surface area contributed by atoms with Crippen molar-refractivity contribution >= 4 is 35.3 Å². The van der Waals surface area contributed by atoms with E-state index in [1.165, 1.54) is 23.3 Å². The fourth-order valence-electron chi connectivity index (χ4n) is 3.90. The number of carbonyl (C=O) groups is 2. The van der Waals surface area contributed by atoms with Crippen molar-refractivity contribution in [2.24, 2.45) is 4.99 Å². The Morgan fingerprint density at radius 2 is 1.81 bits per heavy atom. The van der Waals surface area contributed by atoms with E-state index in [0.717, 1.165) is 37.5 Å². The first-order valence-electron chi connectivity index (χ1n) is 9.25. The van der Waals surface area contributed by atoms with Crippen LogP contribution in [-0.4, -0.2) is 76.2 Å². The number of nitrogens with zero attached hydrogens (tertiary/aromatic N) is 5. The third kappa shape index (κ3) is 3.00. The van der Waals surface area contributed by atoms with Crippen LogP contribution in [0.25, 0.3) is 0 Å². The molecule has 4 rings (SSSR count). The molecule has 1 unspecified atom stereocenters. The Labute approximate surface area is 163 Å². The first-order chi connectivity index (χ1) is 13.0. The van der Waals surface area contributed by atoms with E-state index in [0.29, 0.717) is 17.4 Å². The summed E-state index contributed by atoms with van der Waals surface area (Å²) >= 11 is 6.38. The molecule has 1 aromatic carbocycles. The molecular formula is C19H23ClN5O2+. The van der Waals surface area contributed by atoms with Crippen LogP contribution in [0.15, 0.2) is 29.3 Å². The lowest BCUT2D eigenvalue weighted by Gasteiger charge is -2.33. The second-order valence-electron chi connectivity index (χ2n) is 7.18. The average Bonchev–Trinajstić information content (AvgIpc) is 3.06. The number of amides is 3. The SMILES string of the molecule is CN1C(=O)C2C(=NC(=[N+]3CCCCC3)N2Cc2ccccc2Cl)N(C)C1=O. The largest absolute Gasteiger partial charge is 0.392 e. The van der Waals surface area contributed by atoms with E-state index in [1.54, 1.807) is 7.05 Å². The Morgan fingerprint density at radius 1 is 1.11 bits per heavy atom. The quantitative estimate of drug-likeness (QED) is 0.728. The number of imide groups is 1. The summed E-state index contributed by atoms with van der Waals surface area (Å²) in [6, 6.07) is 6.67. The number of likely N-dealkylation sites (N-methyl/N-ethyl adjacent to an activating group) is 2. The van der Waals surface area contributed by atoms with E-state index in [4.69, 9.17) is 16.6 Å². The van der Waals surface area contributed by atoms with Crippen LogP contribution < -0.4 is 0 Å². The van der Waals surface area contributed by atoms with E-state index in [2.05, 4.69) is 4.58 Å². The Morgan fingerprint density at radius 3 is 2.52 bits per heavy atom. The molecule has 3 amide bonds. The van der Waals surface area contributed by atoms with Crippen LogP contribution in [0, 0.1) is 0 Å². The minimum atomic E-state index is -0.606. The van der Waals surface area contributed by atoms with Crippen molar-refractivity contribution in [3.05, 3.63) is 34.9 Å². The van der Waals surface area contributed by atoms with Crippen LogP contribution in [0.3, 0.4) is 0 Å². The van der Waals surface area contributed by atoms with Crippen molar-refractivity contribution in [2.45, 2.75) is 31.8 Å². The molecule has 8 heteroatoms. The average molecular weight is 389 g/mol. The summed E-state index contributed by atoms with van der Waals surface area (Å²) in [6.07, 6.45) is 3.40. The highest BCUT2D eigenvalue weighted by molar-refractivity contribution is 6.31. The highest BCUT2D eigenvalue weighted by atomic mass is 35.5. The zero-order chi connectivity index (χ0) is 19.1. The monoisotopic (exact) mass is 388 g/mol. The van der Waals surface area contributed by atoms with Crippen LogP contribution in [0.5, 0.6) is 0 Å². The Hall–Kier alpha value is -2.41. The number of aliphatic imine (C=N–C) groups is 1. The molecule has 0 spiro atoms. The fourth-order valence-corrected chi connectivity index (χ4v) is 4.10. The van der Waals surface area contributed by atoms with Crippen molar-refractivity contribution < 1.29 is 14.2 Å². The molecule has 0 N–H and O–H groups in total. The molecule has 1 atom stereocenters. The van der Waals surface area contributed by atoms with Gasteiger partial charge in [-0.05, 0) is 25.3 Å². The smallest absolute Gasteiger partial charge is 0.270 e. The molecule has 3 aliphatic rings. The lowest BCUT2D eigenvalue weighted by Crippen LogP contribution is -2.62. The minimum Gasteiger partial charge on any atom is -0.270 e. The highest BCUT2D eigenvalue weighted by Gasteiger charge is 2.55. The van der Waals surface area contributed by atoms with E-state index >= 15 is 0 Å². The summed E-state index contributed by atoms with van der Waals surface area (Å²) in [5, 5.41) is 0.657. The maximum Gasteiger partial charge on any atom is 0.392 e. The van der Waals surface area contributed by atoms with E-state index in [1.807, 2.05) is 29.2 Å². The van der Waals surface area contributed by atoms with Gasteiger partial charge >= 0.3 is 12.0 Å². The van der Waals surface area contributed by atoms with Gasteiger partial charge in [0.15, 0.2) is 0 Å². The fraction of sp³-hybridized carbons (Fsp3) is 0.474. The van der Waals surface area contributed by atoms with Gasteiger partial charge in [-0.3, -0.25) is 19.2 Å². The van der Waals surface area contributed by atoms with Gasteiger partial charge in [-0.2, -0.15) is 0 Å². The Balaban J connectivity index is 1.79. The summed E-state index contributed by atoms with van der Waals surface area (Å²) in [6.45, 7) is 2.27. The molecule has 0 aliphatic carbocycles. The van der Waals surface area contributed by atoms with E-state index in [9.17, 15) is 9.59 Å². The number of hydrogen-bond donors (Lipinski definition) is 0. The third-order valence-electron chi connectivity index (χ3n) is 5.45. The summed E-state index contributed by atoms with van der Waals surface area (Å²) in [5.41, 5.74) is 0.931. The predicted octanol–water partition coefficient (Wildman–Crippen LogP) is 2.00. The number of carbonyl (C=O) groups excluding carboxylic acids is 2. The number of fused-ring (bicyclic) bond motifs is 1. The third-order valence-corrected chi connectivity index (χ3v) is 5.82. The molecule has 0 saturated carbocycles. The molecule has 142 valence electrons. The molecule has 0 bridgehead atoms. The number of benzene rings is 1.